The van der Waals surface area contributed by atoms with Crippen LogP contribution in [-0.2, 0) is 58.4 Å². The lowest BCUT2D eigenvalue weighted by Crippen LogP contribution is -2.39. The highest BCUT2D eigenvalue weighted by Gasteiger charge is 2.47. The Morgan fingerprint density at radius 3 is 1.09 bits per heavy atom. The van der Waals surface area contributed by atoms with Gasteiger partial charge in [0.15, 0.2) is 39.3 Å². The lowest BCUT2D eigenvalue weighted by molar-refractivity contribution is -0.139. The van der Waals surface area contributed by atoms with Gasteiger partial charge in [0.05, 0.1) is 81.0 Å². The third-order valence-electron chi connectivity index (χ3n) is 14.3. The van der Waals surface area contributed by atoms with Crippen LogP contribution in [0.3, 0.4) is 0 Å². The van der Waals surface area contributed by atoms with Gasteiger partial charge in [-0.05, 0) is 169 Å². The first-order valence-corrected chi connectivity index (χ1v) is 29.4. The molecule has 4 atom stereocenters. The van der Waals surface area contributed by atoms with Crippen LogP contribution in [0.25, 0.3) is 0 Å². The summed E-state index contributed by atoms with van der Waals surface area (Å²) in [5.41, 5.74) is 12.8. The minimum atomic E-state index is -3.90. The number of ether oxygens (including phenoxy) is 2. The first-order valence-electron chi connectivity index (χ1n) is 22.4. The standard InChI is InChI=1S/C25H35NO6S2.C24H33NO6S2/c1-9-32-25(27)22-19(8)26-20-12-33(28,29)10-13(2)11-34(30,31)24(20)23(22)21-17(6)15(4)14(3)16(5)18(21)7;1-12-9-32(27,28)11-19-23(33(29,30)10-12)22(21(18(7)25-19)24(26)31-8)20-16(5)14(3)13(2)15(4)17(20)6/h13,23,26H,9-12H2,1-8H3;12,22,25H,9-11H2,1-8H3. The number of sulfone groups is 4. The lowest BCUT2D eigenvalue weighted by Gasteiger charge is -2.36. The van der Waals surface area contributed by atoms with Gasteiger partial charge in [-0.15, -0.1) is 0 Å². The number of nitrogens with one attached hydrogen (secondary N) is 2. The van der Waals surface area contributed by atoms with E-state index < -0.39 is 86.5 Å². The molecule has 0 spiro atoms. The van der Waals surface area contributed by atoms with Gasteiger partial charge in [0.1, 0.15) is 0 Å². The molecule has 2 N–H and O–H groups in total. The van der Waals surface area contributed by atoms with Gasteiger partial charge in [-0.3, -0.25) is 0 Å². The van der Waals surface area contributed by atoms with Crippen molar-refractivity contribution < 1.29 is 52.7 Å². The number of rotatable bonds is 5. The van der Waals surface area contributed by atoms with E-state index in [0.717, 1.165) is 66.8 Å². The lowest BCUT2D eigenvalue weighted by atomic mass is 9.78. The van der Waals surface area contributed by atoms with Crippen molar-refractivity contribution in [3.8, 4) is 0 Å². The van der Waals surface area contributed by atoms with Gasteiger partial charge in [0.2, 0.25) is 0 Å². The fourth-order valence-electron chi connectivity index (χ4n) is 10.5. The van der Waals surface area contributed by atoms with E-state index in [1.165, 1.54) is 7.11 Å². The van der Waals surface area contributed by atoms with Crippen LogP contribution in [0.1, 0.15) is 113 Å². The summed E-state index contributed by atoms with van der Waals surface area (Å²) < 4.78 is 117. The number of carbonyl (C=O) groups excluding carboxylic acids is 2. The second-order valence-corrected chi connectivity index (χ2v) is 27.3. The normalized spacial score (nSPS) is 24.3. The Morgan fingerprint density at radius 2 is 0.791 bits per heavy atom. The van der Waals surface area contributed by atoms with E-state index in [1.807, 2.05) is 69.2 Å². The maximum atomic E-state index is 13.8. The average Bonchev–Trinajstić information content (AvgIpc) is 3.18. The predicted molar refractivity (Wildman–Crippen MR) is 263 cm³/mol. The zero-order valence-corrected chi connectivity index (χ0v) is 45.1. The van der Waals surface area contributed by atoms with Crippen LogP contribution in [-0.4, -0.2) is 93.8 Å². The van der Waals surface area contributed by atoms with Gasteiger partial charge in [-0.2, -0.15) is 0 Å². The number of dihydropyridines is 2. The molecule has 4 aliphatic rings. The van der Waals surface area contributed by atoms with Crippen LogP contribution < -0.4 is 10.6 Å². The zero-order chi connectivity index (χ0) is 50.8. The van der Waals surface area contributed by atoms with Crippen molar-refractivity contribution in [1.29, 1.82) is 0 Å². The number of hydrogen-bond acceptors (Lipinski definition) is 14. The molecule has 6 rings (SSSR count). The minimum Gasteiger partial charge on any atom is -0.466 e. The second kappa shape index (κ2) is 19.3. The van der Waals surface area contributed by atoms with Crippen LogP contribution in [0.5, 0.6) is 0 Å². The van der Waals surface area contributed by atoms with Crippen LogP contribution >= 0.6 is 0 Å². The molecule has 0 bridgehead atoms. The van der Waals surface area contributed by atoms with Crippen molar-refractivity contribution in [3.63, 3.8) is 0 Å². The number of benzene rings is 2. The third-order valence-corrected chi connectivity index (χ3v) is 22.2. The Kier molecular flexibility index (Phi) is 15.4. The van der Waals surface area contributed by atoms with E-state index in [1.54, 1.807) is 34.6 Å². The monoisotopic (exact) mass is 1000 g/mol. The molecule has 0 amide bonds. The molecule has 2 aromatic rings. The molecule has 4 heterocycles. The summed E-state index contributed by atoms with van der Waals surface area (Å²) in [6.07, 6.45) is 0. The highest BCUT2D eigenvalue weighted by Crippen LogP contribution is 2.48. The Morgan fingerprint density at radius 1 is 0.493 bits per heavy atom. The van der Waals surface area contributed by atoms with Gasteiger partial charge < -0.3 is 20.1 Å². The first-order chi connectivity index (χ1) is 30.7. The largest absolute Gasteiger partial charge is 0.466 e. The Labute approximate surface area is 398 Å². The number of esters is 2. The van der Waals surface area contributed by atoms with Gasteiger partial charge in [0.25, 0.3) is 0 Å². The molecule has 18 heteroatoms. The summed E-state index contributed by atoms with van der Waals surface area (Å²) in [4.78, 5) is 26.2. The fourth-order valence-corrected chi connectivity index (χ4v) is 18.8. The molecule has 0 saturated carbocycles. The minimum absolute atomic E-state index is 0.0230. The van der Waals surface area contributed by atoms with Crippen molar-refractivity contribution in [1.82, 2.24) is 10.6 Å². The molecule has 0 aliphatic carbocycles. The van der Waals surface area contributed by atoms with Crippen molar-refractivity contribution in [2.45, 2.75) is 116 Å². The van der Waals surface area contributed by atoms with E-state index in [4.69, 9.17) is 9.47 Å². The molecule has 2 aromatic carbocycles. The molecule has 0 aromatic heterocycles. The molecule has 14 nitrogen and oxygen atoms in total. The molecule has 67 heavy (non-hydrogen) atoms. The van der Waals surface area contributed by atoms with E-state index >= 15 is 0 Å². The average molecular weight is 1010 g/mol. The van der Waals surface area contributed by atoms with E-state index in [9.17, 15) is 43.3 Å². The van der Waals surface area contributed by atoms with Crippen LogP contribution in [0, 0.1) is 81.1 Å². The van der Waals surface area contributed by atoms with Crippen molar-refractivity contribution >= 4 is 51.3 Å². The summed E-state index contributed by atoms with van der Waals surface area (Å²) in [5.74, 6) is -6.13. The Hall–Kier alpha value is -4.26. The summed E-state index contributed by atoms with van der Waals surface area (Å²) in [5, 5.41) is 5.94. The second-order valence-electron chi connectivity index (χ2n) is 19.1. The summed E-state index contributed by atoms with van der Waals surface area (Å²) in [6.45, 7) is 28.1. The van der Waals surface area contributed by atoms with E-state index in [0.29, 0.717) is 11.4 Å². The van der Waals surface area contributed by atoms with Crippen molar-refractivity contribution in [2.24, 2.45) is 11.8 Å². The van der Waals surface area contributed by atoms with E-state index in [-0.39, 0.29) is 62.0 Å². The van der Waals surface area contributed by atoms with Gasteiger partial charge in [-0.25, -0.2) is 43.3 Å². The van der Waals surface area contributed by atoms with Crippen LogP contribution in [0.4, 0.5) is 0 Å². The molecular formula is C49H68N2O12S4. The SMILES string of the molecule is CCOC(=O)C1=C(C)NC2=C(C1c1c(C)c(C)c(C)c(C)c1C)S(=O)(=O)CC(C)CS(=O)(=O)C2.COC(=O)C1=C(C)NC2=C(C1c1c(C)c(C)c(C)c(C)c1C)S(=O)(=O)CC(C)CS(=O)(=O)C2. The molecule has 0 radical (unpaired) electrons. The molecule has 370 valence electrons. The molecule has 4 aliphatic heterocycles. The fraction of sp³-hybridized carbons (Fsp3) is 0.551. The highest BCUT2D eigenvalue weighted by atomic mass is 32.2. The molecular weight excluding hydrogens is 937 g/mol. The maximum Gasteiger partial charge on any atom is 0.336 e. The van der Waals surface area contributed by atoms with Crippen molar-refractivity contribution in [2.75, 3.05) is 48.2 Å². The highest BCUT2D eigenvalue weighted by molar-refractivity contribution is 7.96. The molecule has 0 saturated heterocycles. The number of allylic oxidation sites excluding steroid dienone is 4. The third kappa shape index (κ3) is 10.2. The number of hydrogen-bond donors (Lipinski definition) is 2. The number of methoxy groups -OCH3 is 1. The van der Waals surface area contributed by atoms with Gasteiger partial charge >= 0.3 is 11.9 Å². The van der Waals surface area contributed by atoms with E-state index in [2.05, 4.69) is 10.6 Å². The van der Waals surface area contributed by atoms with Crippen molar-refractivity contribution in [3.05, 3.63) is 111 Å². The van der Waals surface area contributed by atoms with Crippen LogP contribution in [0.2, 0.25) is 0 Å². The number of carbonyl (C=O) groups is 2. The summed E-state index contributed by atoms with van der Waals surface area (Å²) >= 11 is 0. The quantitative estimate of drug-likeness (QED) is 0.307. The zero-order valence-electron chi connectivity index (χ0n) is 41.8. The predicted octanol–water partition coefficient (Wildman–Crippen LogP) is 6.50. The summed E-state index contributed by atoms with van der Waals surface area (Å²) in [6, 6.07) is 0. The topological polar surface area (TPSA) is 213 Å². The maximum absolute atomic E-state index is 13.8. The Bertz CT molecular complexity index is 3010. The Balaban J connectivity index is 0.000000251. The van der Waals surface area contributed by atoms with Gasteiger partial charge in [-0.1, -0.05) is 13.8 Å². The summed E-state index contributed by atoms with van der Waals surface area (Å²) in [7, 11) is -13.7. The molecule has 0 fully saturated rings. The smallest absolute Gasteiger partial charge is 0.336 e. The van der Waals surface area contributed by atoms with Crippen LogP contribution in [0.15, 0.2) is 43.7 Å². The first kappa shape index (κ1) is 53.7. The van der Waals surface area contributed by atoms with Gasteiger partial charge in [0, 0.05) is 22.8 Å². The molecule has 4 unspecified atom stereocenters.